The van der Waals surface area contributed by atoms with E-state index in [9.17, 15) is 4.79 Å². The Hall–Kier alpha value is -2.53. The average Bonchev–Trinajstić information content (AvgIpc) is 3.31. The number of carbonyl (C=O) groups is 1. The standard InChI is InChI=1S/C25H29N3O2/c29-23-10-14-28-22-9-13-27(16-20(22)19-7-2-8-21(26-23)24(19)28)12-3-6-17-4-1-5-18-11-15-30-25(17)18/h1-2,4-5,7-8,20,22H,3,6,9-16H2,(H,26,29)/t20-,22-/m0/s1. The summed E-state index contributed by atoms with van der Waals surface area (Å²) in [6.45, 7) is 5.08. The Morgan fingerprint density at radius 2 is 2.03 bits per heavy atom. The van der Waals surface area contributed by atoms with Crippen LogP contribution in [-0.4, -0.2) is 49.6 Å². The van der Waals surface area contributed by atoms with Crippen LogP contribution in [0.1, 0.15) is 41.9 Å². The number of amides is 1. The number of fused-ring (bicyclic) bond motifs is 4. The van der Waals surface area contributed by atoms with Gasteiger partial charge in [-0.15, -0.1) is 0 Å². The highest BCUT2D eigenvalue weighted by molar-refractivity contribution is 5.97. The highest BCUT2D eigenvalue weighted by Gasteiger charge is 2.43. The van der Waals surface area contributed by atoms with Gasteiger partial charge in [0.05, 0.1) is 18.0 Å². The molecule has 5 nitrogen and oxygen atoms in total. The average molecular weight is 404 g/mol. The normalized spacial score (nSPS) is 24.5. The molecule has 0 radical (unpaired) electrons. The van der Waals surface area contributed by atoms with Crippen molar-refractivity contribution < 1.29 is 9.53 Å². The van der Waals surface area contributed by atoms with Gasteiger partial charge < -0.3 is 19.9 Å². The molecule has 1 amide bonds. The van der Waals surface area contributed by atoms with Gasteiger partial charge in [-0.2, -0.15) is 0 Å². The lowest BCUT2D eigenvalue weighted by Gasteiger charge is -2.38. The summed E-state index contributed by atoms with van der Waals surface area (Å²) in [4.78, 5) is 17.3. The highest BCUT2D eigenvalue weighted by Crippen LogP contribution is 2.49. The summed E-state index contributed by atoms with van der Waals surface area (Å²) in [6.07, 6.45) is 5.08. The zero-order valence-electron chi connectivity index (χ0n) is 17.4. The van der Waals surface area contributed by atoms with E-state index >= 15 is 0 Å². The lowest BCUT2D eigenvalue weighted by atomic mass is 9.88. The summed E-state index contributed by atoms with van der Waals surface area (Å²) in [6, 6.07) is 13.6. The Morgan fingerprint density at radius 3 is 3.00 bits per heavy atom. The van der Waals surface area contributed by atoms with Gasteiger partial charge in [0, 0.05) is 44.4 Å². The number of likely N-dealkylation sites (tertiary alicyclic amines) is 1. The summed E-state index contributed by atoms with van der Waals surface area (Å²) in [5.41, 5.74) is 6.48. The maximum absolute atomic E-state index is 12.1. The van der Waals surface area contributed by atoms with Crippen molar-refractivity contribution in [2.24, 2.45) is 0 Å². The molecule has 0 aliphatic carbocycles. The lowest BCUT2D eigenvalue weighted by Crippen LogP contribution is -2.46. The smallest absolute Gasteiger partial charge is 0.226 e. The Bertz CT molecular complexity index is 988. The molecule has 6 rings (SSSR count). The first-order chi connectivity index (χ1) is 14.8. The number of hydrogen-bond donors (Lipinski definition) is 1. The molecule has 2 aromatic carbocycles. The molecule has 1 fully saturated rings. The fourth-order valence-corrected chi connectivity index (χ4v) is 6.02. The summed E-state index contributed by atoms with van der Waals surface area (Å²) < 4.78 is 5.88. The number of rotatable bonds is 4. The van der Waals surface area contributed by atoms with Crippen molar-refractivity contribution in [2.45, 2.75) is 44.1 Å². The van der Waals surface area contributed by atoms with Crippen LogP contribution >= 0.6 is 0 Å². The van der Waals surface area contributed by atoms with Gasteiger partial charge in [-0.1, -0.05) is 30.3 Å². The minimum absolute atomic E-state index is 0.142. The van der Waals surface area contributed by atoms with Crippen molar-refractivity contribution in [1.29, 1.82) is 0 Å². The van der Waals surface area contributed by atoms with Gasteiger partial charge in [0.2, 0.25) is 5.91 Å². The molecule has 2 atom stereocenters. The molecule has 156 valence electrons. The fourth-order valence-electron chi connectivity index (χ4n) is 6.02. The third-order valence-corrected chi connectivity index (χ3v) is 7.38. The van der Waals surface area contributed by atoms with Crippen molar-refractivity contribution >= 4 is 17.3 Å². The van der Waals surface area contributed by atoms with Crippen LogP contribution in [0.3, 0.4) is 0 Å². The third-order valence-electron chi connectivity index (χ3n) is 7.38. The largest absolute Gasteiger partial charge is 0.493 e. The number of ether oxygens (including phenoxy) is 1. The quantitative estimate of drug-likeness (QED) is 0.848. The van der Waals surface area contributed by atoms with Crippen molar-refractivity contribution in [3.63, 3.8) is 0 Å². The Balaban J connectivity index is 1.15. The summed E-state index contributed by atoms with van der Waals surface area (Å²) in [5, 5.41) is 3.12. The molecular formula is C25H29N3O2. The number of hydrogen-bond acceptors (Lipinski definition) is 4. The molecule has 0 spiro atoms. The maximum Gasteiger partial charge on any atom is 0.226 e. The molecule has 5 heteroatoms. The minimum Gasteiger partial charge on any atom is -0.493 e. The first kappa shape index (κ1) is 18.3. The summed E-state index contributed by atoms with van der Waals surface area (Å²) >= 11 is 0. The Labute approximate surface area is 178 Å². The van der Waals surface area contributed by atoms with Crippen LogP contribution in [0.15, 0.2) is 36.4 Å². The third kappa shape index (κ3) is 2.99. The van der Waals surface area contributed by atoms with Gasteiger partial charge in [0.1, 0.15) is 5.75 Å². The van der Waals surface area contributed by atoms with E-state index in [1.807, 2.05) is 0 Å². The van der Waals surface area contributed by atoms with Crippen LogP contribution in [0, 0.1) is 0 Å². The van der Waals surface area contributed by atoms with Gasteiger partial charge in [-0.05, 0) is 48.6 Å². The number of anilines is 2. The number of nitrogens with one attached hydrogen (secondary N) is 1. The second kappa shape index (κ2) is 7.31. The molecule has 1 N–H and O–H groups in total. The topological polar surface area (TPSA) is 44.8 Å². The Kier molecular flexibility index (Phi) is 4.45. The summed E-state index contributed by atoms with van der Waals surface area (Å²) in [7, 11) is 0. The van der Waals surface area contributed by atoms with Gasteiger partial charge in [0.15, 0.2) is 0 Å². The van der Waals surface area contributed by atoms with E-state index in [1.165, 1.54) is 35.2 Å². The van der Waals surface area contributed by atoms with Crippen molar-refractivity contribution in [2.75, 3.05) is 43.0 Å². The number of piperidine rings is 1. The molecule has 30 heavy (non-hydrogen) atoms. The molecular weight excluding hydrogens is 374 g/mol. The van der Waals surface area contributed by atoms with E-state index in [0.717, 1.165) is 57.1 Å². The molecule has 4 aliphatic rings. The van der Waals surface area contributed by atoms with Crippen LogP contribution in [0.2, 0.25) is 0 Å². The molecule has 0 unspecified atom stereocenters. The Morgan fingerprint density at radius 1 is 1.10 bits per heavy atom. The monoisotopic (exact) mass is 403 g/mol. The van der Waals surface area contributed by atoms with Crippen molar-refractivity contribution in [3.05, 3.63) is 53.1 Å². The van der Waals surface area contributed by atoms with Gasteiger partial charge in [0.25, 0.3) is 0 Å². The van der Waals surface area contributed by atoms with Crippen molar-refractivity contribution in [3.8, 4) is 5.75 Å². The van der Waals surface area contributed by atoms with E-state index in [-0.39, 0.29) is 5.91 Å². The SMILES string of the molecule is O=C1CCN2c3c(cccc3[C@@H]3CN(CCCc4cccc5c4OCC5)CC[C@@H]32)N1. The lowest BCUT2D eigenvalue weighted by molar-refractivity contribution is -0.116. The van der Waals surface area contributed by atoms with E-state index < -0.39 is 0 Å². The molecule has 0 aromatic heterocycles. The number of benzene rings is 2. The minimum atomic E-state index is 0.142. The maximum atomic E-state index is 12.1. The first-order valence-electron chi connectivity index (χ1n) is 11.4. The van der Waals surface area contributed by atoms with E-state index in [0.29, 0.717) is 18.4 Å². The van der Waals surface area contributed by atoms with E-state index in [4.69, 9.17) is 4.74 Å². The van der Waals surface area contributed by atoms with Gasteiger partial charge in [-0.3, -0.25) is 4.79 Å². The molecule has 4 aliphatic heterocycles. The van der Waals surface area contributed by atoms with Gasteiger partial charge in [-0.25, -0.2) is 0 Å². The van der Waals surface area contributed by atoms with Crippen LogP contribution in [-0.2, 0) is 17.6 Å². The number of carbonyl (C=O) groups excluding carboxylic acids is 1. The molecule has 0 saturated carbocycles. The molecule has 4 heterocycles. The number of nitrogens with zero attached hydrogens (tertiary/aromatic N) is 2. The predicted octanol–water partition coefficient (Wildman–Crippen LogP) is 3.57. The zero-order valence-corrected chi connectivity index (χ0v) is 17.4. The van der Waals surface area contributed by atoms with Crippen molar-refractivity contribution in [1.82, 2.24) is 4.90 Å². The van der Waals surface area contributed by atoms with Crippen LogP contribution in [0.5, 0.6) is 5.75 Å². The number of para-hydroxylation sites is 2. The summed E-state index contributed by atoms with van der Waals surface area (Å²) in [5.74, 6) is 1.84. The fraction of sp³-hybridized carbons (Fsp3) is 0.480. The van der Waals surface area contributed by atoms with E-state index in [1.54, 1.807) is 0 Å². The predicted molar refractivity (Wildman–Crippen MR) is 119 cm³/mol. The molecule has 1 saturated heterocycles. The molecule has 0 bridgehead atoms. The van der Waals surface area contributed by atoms with Crippen LogP contribution in [0.4, 0.5) is 11.4 Å². The second-order valence-corrected chi connectivity index (χ2v) is 9.11. The number of aryl methyl sites for hydroxylation is 1. The zero-order chi connectivity index (χ0) is 20.1. The second-order valence-electron chi connectivity index (χ2n) is 9.11. The van der Waals surface area contributed by atoms with Gasteiger partial charge >= 0.3 is 0 Å². The first-order valence-corrected chi connectivity index (χ1v) is 11.4. The van der Waals surface area contributed by atoms with Crippen LogP contribution < -0.4 is 15.0 Å². The highest BCUT2D eigenvalue weighted by atomic mass is 16.5. The molecule has 2 aromatic rings. The van der Waals surface area contributed by atoms with E-state index in [2.05, 4.69) is 51.5 Å². The van der Waals surface area contributed by atoms with Crippen LogP contribution in [0.25, 0.3) is 0 Å².